The minimum absolute atomic E-state index is 0.301. The zero-order valence-corrected chi connectivity index (χ0v) is 21.2. The van der Waals surface area contributed by atoms with Crippen molar-refractivity contribution in [1.82, 2.24) is 0 Å². The SMILES string of the molecule is CCCOc1c(I)cc(/C=C2\N=C(c3ccc(I)c(C)c3)OC2=O)cc1I. The van der Waals surface area contributed by atoms with Gasteiger partial charge >= 0.3 is 5.97 Å². The number of nitrogens with zero attached hydrogens (tertiary/aromatic N) is 1. The molecule has 0 fully saturated rings. The summed E-state index contributed by atoms with van der Waals surface area (Å²) in [6.07, 6.45) is 2.71. The highest BCUT2D eigenvalue weighted by atomic mass is 127. The first kappa shape index (κ1) is 21.0. The van der Waals surface area contributed by atoms with E-state index < -0.39 is 5.97 Å². The average molecular weight is 699 g/mol. The summed E-state index contributed by atoms with van der Waals surface area (Å²) in [6.45, 7) is 4.78. The third-order valence-corrected chi connectivity index (χ3v) is 6.61. The van der Waals surface area contributed by atoms with Crippen molar-refractivity contribution in [1.29, 1.82) is 0 Å². The van der Waals surface area contributed by atoms with Crippen LogP contribution in [0.4, 0.5) is 0 Å². The molecular formula is C20H16I3NO3. The number of ether oxygens (including phenoxy) is 2. The molecule has 0 atom stereocenters. The Morgan fingerprint density at radius 2 is 1.81 bits per heavy atom. The number of aliphatic imine (C=N–C) groups is 1. The van der Waals surface area contributed by atoms with E-state index in [1.54, 1.807) is 6.08 Å². The number of aryl methyl sites for hydroxylation is 1. The van der Waals surface area contributed by atoms with Gasteiger partial charge in [0.2, 0.25) is 5.90 Å². The number of hydrogen-bond acceptors (Lipinski definition) is 4. The van der Waals surface area contributed by atoms with Crippen molar-refractivity contribution in [3.63, 3.8) is 0 Å². The first-order valence-electron chi connectivity index (χ1n) is 8.30. The van der Waals surface area contributed by atoms with E-state index in [1.807, 2.05) is 37.3 Å². The van der Waals surface area contributed by atoms with Gasteiger partial charge in [0.25, 0.3) is 0 Å². The van der Waals surface area contributed by atoms with E-state index in [4.69, 9.17) is 9.47 Å². The number of hydrogen-bond donors (Lipinski definition) is 0. The fourth-order valence-electron chi connectivity index (χ4n) is 2.47. The molecule has 0 radical (unpaired) electrons. The molecule has 0 N–H and O–H groups in total. The zero-order valence-electron chi connectivity index (χ0n) is 14.7. The molecule has 1 aliphatic rings. The Bertz CT molecular complexity index is 944. The van der Waals surface area contributed by atoms with Crippen LogP contribution < -0.4 is 4.74 Å². The maximum Gasteiger partial charge on any atom is 0.363 e. The molecule has 0 bridgehead atoms. The molecule has 0 aromatic heterocycles. The van der Waals surface area contributed by atoms with E-state index in [0.717, 1.165) is 39.6 Å². The number of rotatable bonds is 5. The van der Waals surface area contributed by atoms with E-state index in [2.05, 4.69) is 79.7 Å². The fourth-order valence-corrected chi connectivity index (χ4v) is 4.94. The summed E-state index contributed by atoms with van der Waals surface area (Å²) in [5, 5.41) is 0. The van der Waals surface area contributed by atoms with Gasteiger partial charge in [-0.1, -0.05) is 6.92 Å². The lowest BCUT2D eigenvalue weighted by Gasteiger charge is -2.10. The summed E-state index contributed by atoms with van der Waals surface area (Å²) in [7, 11) is 0. The summed E-state index contributed by atoms with van der Waals surface area (Å²) in [5.74, 6) is 0.795. The summed E-state index contributed by atoms with van der Waals surface area (Å²) in [5.41, 5.74) is 3.12. The van der Waals surface area contributed by atoms with Gasteiger partial charge in [0, 0.05) is 9.13 Å². The van der Waals surface area contributed by atoms with E-state index in [1.165, 1.54) is 0 Å². The molecule has 2 aromatic carbocycles. The minimum Gasteiger partial charge on any atom is -0.491 e. The Kier molecular flexibility index (Phi) is 7.17. The highest BCUT2D eigenvalue weighted by molar-refractivity contribution is 14.1. The van der Waals surface area contributed by atoms with Crippen molar-refractivity contribution >= 4 is 85.7 Å². The molecule has 4 nitrogen and oxygen atoms in total. The largest absolute Gasteiger partial charge is 0.491 e. The predicted molar refractivity (Wildman–Crippen MR) is 132 cm³/mol. The van der Waals surface area contributed by atoms with Crippen molar-refractivity contribution in [2.75, 3.05) is 6.61 Å². The Balaban J connectivity index is 1.91. The molecule has 7 heteroatoms. The van der Waals surface area contributed by atoms with Crippen LogP contribution in [0.3, 0.4) is 0 Å². The quantitative estimate of drug-likeness (QED) is 0.221. The second-order valence-electron chi connectivity index (χ2n) is 5.96. The van der Waals surface area contributed by atoms with Crippen LogP contribution in [0, 0.1) is 17.6 Å². The Morgan fingerprint density at radius 3 is 2.44 bits per heavy atom. The van der Waals surface area contributed by atoms with Crippen LogP contribution in [0.2, 0.25) is 0 Å². The topological polar surface area (TPSA) is 47.9 Å². The normalized spacial score (nSPS) is 15.1. The molecule has 1 aliphatic heterocycles. The molecule has 2 aromatic rings. The van der Waals surface area contributed by atoms with Gasteiger partial charge in [0.05, 0.1) is 13.7 Å². The van der Waals surface area contributed by atoms with E-state index in [-0.39, 0.29) is 0 Å². The highest BCUT2D eigenvalue weighted by Crippen LogP contribution is 2.30. The Labute approximate surface area is 199 Å². The predicted octanol–water partition coefficient (Wildman–Crippen LogP) is 5.94. The molecule has 27 heavy (non-hydrogen) atoms. The number of carbonyl (C=O) groups excluding carboxylic acids is 1. The first-order chi connectivity index (χ1) is 12.9. The molecular weight excluding hydrogens is 683 g/mol. The minimum atomic E-state index is -0.433. The molecule has 140 valence electrons. The molecule has 3 rings (SSSR count). The molecule has 0 amide bonds. The Morgan fingerprint density at radius 1 is 1.11 bits per heavy atom. The van der Waals surface area contributed by atoms with Crippen LogP contribution in [0.5, 0.6) is 5.75 Å². The van der Waals surface area contributed by atoms with Gasteiger partial charge in [-0.05, 0) is 129 Å². The number of benzene rings is 2. The number of carbonyl (C=O) groups is 1. The fraction of sp³-hybridized carbons (Fsp3) is 0.200. The molecule has 0 saturated heterocycles. The van der Waals surface area contributed by atoms with Gasteiger partial charge in [-0.2, -0.15) is 0 Å². The van der Waals surface area contributed by atoms with Crippen molar-refractivity contribution in [3.05, 3.63) is 63.4 Å². The maximum absolute atomic E-state index is 12.3. The van der Waals surface area contributed by atoms with Crippen molar-refractivity contribution in [2.24, 2.45) is 4.99 Å². The van der Waals surface area contributed by atoms with Gasteiger partial charge in [-0.25, -0.2) is 9.79 Å². The van der Waals surface area contributed by atoms with Crippen LogP contribution in [0.15, 0.2) is 41.0 Å². The smallest absolute Gasteiger partial charge is 0.363 e. The lowest BCUT2D eigenvalue weighted by molar-refractivity contribution is -0.129. The highest BCUT2D eigenvalue weighted by Gasteiger charge is 2.24. The van der Waals surface area contributed by atoms with E-state index >= 15 is 0 Å². The van der Waals surface area contributed by atoms with Crippen LogP contribution >= 0.6 is 67.8 Å². The summed E-state index contributed by atoms with van der Waals surface area (Å²) in [4.78, 5) is 16.7. The zero-order chi connectivity index (χ0) is 19.6. The van der Waals surface area contributed by atoms with Crippen LogP contribution in [-0.4, -0.2) is 18.5 Å². The average Bonchev–Trinajstić information content (AvgIpc) is 2.97. The number of esters is 1. The van der Waals surface area contributed by atoms with Gasteiger partial charge in [-0.15, -0.1) is 0 Å². The molecule has 1 heterocycles. The molecule has 0 spiro atoms. The third-order valence-electron chi connectivity index (χ3n) is 3.80. The molecule has 0 saturated carbocycles. The second-order valence-corrected chi connectivity index (χ2v) is 9.45. The summed E-state index contributed by atoms with van der Waals surface area (Å²) >= 11 is 6.78. The second kappa shape index (κ2) is 9.21. The van der Waals surface area contributed by atoms with Crippen molar-refractivity contribution in [2.45, 2.75) is 20.3 Å². The lowest BCUT2D eigenvalue weighted by Crippen LogP contribution is -2.05. The lowest BCUT2D eigenvalue weighted by atomic mass is 10.1. The molecule has 0 unspecified atom stereocenters. The van der Waals surface area contributed by atoms with Crippen molar-refractivity contribution in [3.8, 4) is 5.75 Å². The van der Waals surface area contributed by atoms with E-state index in [0.29, 0.717) is 18.2 Å². The monoisotopic (exact) mass is 699 g/mol. The molecule has 0 aliphatic carbocycles. The van der Waals surface area contributed by atoms with Gasteiger partial charge in [0.1, 0.15) is 5.75 Å². The number of halogens is 3. The standard InChI is InChI=1S/C20H16I3NO3/c1-3-6-26-18-15(22)8-12(9-16(18)23)10-17-20(25)27-19(24-17)13-4-5-14(21)11(2)7-13/h4-5,7-10H,3,6H2,1-2H3/b17-10-. The van der Waals surface area contributed by atoms with Crippen molar-refractivity contribution < 1.29 is 14.3 Å². The van der Waals surface area contributed by atoms with Gasteiger partial charge in [-0.3, -0.25) is 0 Å². The third kappa shape index (κ3) is 5.03. The Hall–Kier alpha value is -0.690. The van der Waals surface area contributed by atoms with Crippen LogP contribution in [0.25, 0.3) is 6.08 Å². The summed E-state index contributed by atoms with van der Waals surface area (Å²) in [6, 6.07) is 9.84. The van der Waals surface area contributed by atoms with Crippen LogP contribution in [-0.2, 0) is 9.53 Å². The first-order valence-corrected chi connectivity index (χ1v) is 11.5. The summed E-state index contributed by atoms with van der Waals surface area (Å²) < 4.78 is 14.3. The van der Waals surface area contributed by atoms with Crippen LogP contribution in [0.1, 0.15) is 30.0 Å². The number of cyclic esters (lactones) is 1. The maximum atomic E-state index is 12.3. The van der Waals surface area contributed by atoms with E-state index in [9.17, 15) is 4.79 Å². The van der Waals surface area contributed by atoms with Gasteiger partial charge in [0.15, 0.2) is 5.70 Å². The van der Waals surface area contributed by atoms with Gasteiger partial charge < -0.3 is 9.47 Å².